The highest BCUT2D eigenvalue weighted by Gasteiger charge is 2.34. The van der Waals surface area contributed by atoms with Gasteiger partial charge < -0.3 is 41.0 Å². The number of imidazole rings is 1. The van der Waals surface area contributed by atoms with Crippen LogP contribution in [0.1, 0.15) is 104 Å². The molecule has 43 heavy (non-hydrogen) atoms. The number of hydrogen-bond acceptors (Lipinski definition) is 10. The van der Waals surface area contributed by atoms with Crippen molar-refractivity contribution in [2.24, 2.45) is 0 Å². The van der Waals surface area contributed by atoms with Crippen LogP contribution in [0.15, 0.2) is 12.7 Å². The van der Waals surface area contributed by atoms with Crippen molar-refractivity contribution in [1.82, 2.24) is 30.6 Å². The molecule has 1 aliphatic rings. The lowest BCUT2D eigenvalue weighted by Gasteiger charge is -2.35. The van der Waals surface area contributed by atoms with E-state index < -0.39 is 36.4 Å². The van der Waals surface area contributed by atoms with Crippen LogP contribution in [0.25, 0.3) is 11.2 Å². The molecule has 1 saturated heterocycles. The molecule has 3 rings (SSSR count). The summed E-state index contributed by atoms with van der Waals surface area (Å²) >= 11 is 0. The first-order chi connectivity index (χ1) is 20.9. The first kappa shape index (κ1) is 36.3. The quantitative estimate of drug-likeness (QED) is 0.117. The van der Waals surface area contributed by atoms with Gasteiger partial charge in [-0.25, -0.2) is 15.0 Å². The van der Waals surface area contributed by atoms with Crippen LogP contribution in [-0.2, 0) is 14.3 Å². The molecule has 1 fully saturated rings. The first-order valence-corrected chi connectivity index (χ1v) is 15.8. The summed E-state index contributed by atoms with van der Waals surface area (Å²) in [6.07, 6.45) is 15.2. The van der Waals surface area contributed by atoms with E-state index in [1.165, 1.54) is 77.4 Å². The number of carbonyl (C=O) groups excluding carboxylic acids is 2. The number of nitrogens with one attached hydrogen (secondary N) is 4. The minimum atomic E-state index is -1.08. The third-order valence-electron chi connectivity index (χ3n) is 7.54. The molecule has 0 saturated carbocycles. The zero-order valence-corrected chi connectivity index (χ0v) is 26.1. The highest BCUT2D eigenvalue weighted by Crippen LogP contribution is 2.21. The second-order valence-corrected chi connectivity index (χ2v) is 11.2. The zero-order valence-electron chi connectivity index (χ0n) is 26.1. The molecule has 5 atom stereocenters. The maximum atomic E-state index is 12.9. The second-order valence-electron chi connectivity index (χ2n) is 11.2. The Morgan fingerprint density at radius 2 is 1.63 bits per heavy atom. The number of aliphatic hydroxyl groups is 3. The number of fused-ring (bicyclic) bond motifs is 1. The van der Waals surface area contributed by atoms with E-state index in [-0.39, 0.29) is 18.9 Å². The summed E-state index contributed by atoms with van der Waals surface area (Å²) in [6, 6.07) is -1.56. The van der Waals surface area contributed by atoms with Crippen molar-refractivity contribution < 1.29 is 29.6 Å². The number of aromatic nitrogens is 4. The van der Waals surface area contributed by atoms with Crippen LogP contribution >= 0.6 is 0 Å². The molecule has 2 aromatic rings. The molecule has 0 bridgehead atoms. The summed E-state index contributed by atoms with van der Waals surface area (Å²) in [5.74, 6) is -0.313. The average molecular weight is 608 g/mol. The summed E-state index contributed by atoms with van der Waals surface area (Å²) in [5, 5.41) is 36.3. The van der Waals surface area contributed by atoms with Gasteiger partial charge >= 0.3 is 0 Å². The fourth-order valence-corrected chi connectivity index (χ4v) is 5.13. The Bertz CT molecular complexity index is 1050. The van der Waals surface area contributed by atoms with E-state index in [0.717, 1.165) is 26.4 Å². The van der Waals surface area contributed by atoms with E-state index in [4.69, 9.17) is 9.84 Å². The van der Waals surface area contributed by atoms with Crippen LogP contribution in [0.5, 0.6) is 0 Å². The molecule has 7 N–H and O–H groups in total. The van der Waals surface area contributed by atoms with Crippen LogP contribution in [0.4, 0.5) is 5.82 Å². The zero-order chi connectivity index (χ0) is 31.5. The number of aromatic amines is 1. The molecule has 3 unspecified atom stereocenters. The number of amides is 2. The van der Waals surface area contributed by atoms with Crippen molar-refractivity contribution in [1.29, 1.82) is 0 Å². The third-order valence-corrected chi connectivity index (χ3v) is 7.54. The number of carbonyl (C=O) groups is 2. The largest absolute Gasteiger partial charge is 0.400 e. The minimum absolute atomic E-state index is 0.136. The van der Waals surface area contributed by atoms with E-state index in [1.807, 2.05) is 0 Å². The van der Waals surface area contributed by atoms with Gasteiger partial charge in [-0.3, -0.25) is 9.59 Å². The van der Waals surface area contributed by atoms with Gasteiger partial charge in [-0.15, -0.1) is 0 Å². The Balaban J connectivity index is 0.00000316. The fraction of sp³-hybridized carbons (Fsp3) is 0.767. The average Bonchev–Trinajstić information content (AvgIpc) is 3.49. The number of unbranched alkanes of at least 4 members (excludes halogenated alkanes) is 11. The SMILES string of the molecule is CCCCCCCCCCCCCCC(=O)NC(C(=O)NC1CO[C@H](Nc2ncnc3nc[nH]c23)C(O)C1)[C@@H](C)O.CO. The fourth-order valence-electron chi connectivity index (χ4n) is 5.13. The van der Waals surface area contributed by atoms with Crippen LogP contribution in [0.3, 0.4) is 0 Å². The van der Waals surface area contributed by atoms with Gasteiger partial charge in [0.1, 0.15) is 24.0 Å². The molecule has 13 nitrogen and oxygen atoms in total. The van der Waals surface area contributed by atoms with Crippen LogP contribution < -0.4 is 16.0 Å². The van der Waals surface area contributed by atoms with E-state index >= 15 is 0 Å². The van der Waals surface area contributed by atoms with Gasteiger partial charge in [0.15, 0.2) is 17.7 Å². The van der Waals surface area contributed by atoms with Gasteiger partial charge in [-0.2, -0.15) is 0 Å². The number of H-pyrrole nitrogens is 1. The summed E-state index contributed by atoms with van der Waals surface area (Å²) < 4.78 is 5.76. The number of hydrogen-bond donors (Lipinski definition) is 7. The molecule has 13 heteroatoms. The number of ether oxygens (including phenoxy) is 1. The maximum Gasteiger partial charge on any atom is 0.245 e. The van der Waals surface area contributed by atoms with Crippen molar-refractivity contribution in [3.63, 3.8) is 0 Å². The number of aliphatic hydroxyl groups excluding tert-OH is 3. The molecule has 0 spiro atoms. The molecular weight excluding hydrogens is 554 g/mol. The second kappa shape index (κ2) is 20.9. The van der Waals surface area contributed by atoms with Gasteiger partial charge in [0, 0.05) is 20.0 Å². The minimum Gasteiger partial charge on any atom is -0.400 e. The van der Waals surface area contributed by atoms with Crippen molar-refractivity contribution in [2.75, 3.05) is 19.0 Å². The Morgan fingerprint density at radius 3 is 2.23 bits per heavy atom. The van der Waals surface area contributed by atoms with Gasteiger partial charge in [0.05, 0.1) is 25.1 Å². The lowest BCUT2D eigenvalue weighted by molar-refractivity contribution is -0.134. The topological polar surface area (TPSA) is 195 Å². The van der Waals surface area contributed by atoms with E-state index in [1.54, 1.807) is 0 Å². The standard InChI is InChI=1S/C29H49N7O5.CH4O/c1-3-4-5-6-7-8-9-10-11-12-13-14-15-23(39)35-24(20(2)37)28(40)34-21-16-22(38)29(41-17-21)36-27-25-26(31-18-30-25)32-19-33-27;1-2/h18-22,24,29,37-38H,3-17H2,1-2H3,(H,34,40)(H,35,39)(H2,30,31,32,33,36);2H,1H3/t20-,21?,22?,24?,29+;/m1./s1. The Morgan fingerprint density at radius 1 is 1.00 bits per heavy atom. The predicted molar refractivity (Wildman–Crippen MR) is 165 cm³/mol. The number of nitrogens with zero attached hydrogens (tertiary/aromatic N) is 3. The van der Waals surface area contributed by atoms with Crippen LogP contribution in [-0.4, -0.2) is 91.3 Å². The summed E-state index contributed by atoms with van der Waals surface area (Å²) in [7, 11) is 1.00. The summed E-state index contributed by atoms with van der Waals surface area (Å²) in [5.41, 5.74) is 1.08. The van der Waals surface area contributed by atoms with Crippen molar-refractivity contribution in [3.05, 3.63) is 12.7 Å². The molecule has 1 aliphatic heterocycles. The smallest absolute Gasteiger partial charge is 0.245 e. The molecular formula is C30H53N7O6. The van der Waals surface area contributed by atoms with Gasteiger partial charge in [0.2, 0.25) is 11.8 Å². The molecule has 2 amide bonds. The van der Waals surface area contributed by atoms with Crippen LogP contribution in [0.2, 0.25) is 0 Å². The van der Waals surface area contributed by atoms with Crippen molar-refractivity contribution in [3.8, 4) is 0 Å². The van der Waals surface area contributed by atoms with Gasteiger partial charge in [-0.05, 0) is 13.3 Å². The predicted octanol–water partition coefficient (Wildman–Crippen LogP) is 2.92. The van der Waals surface area contributed by atoms with Gasteiger partial charge in [-0.1, -0.05) is 77.6 Å². The molecule has 3 heterocycles. The molecule has 2 aromatic heterocycles. The monoisotopic (exact) mass is 607 g/mol. The first-order valence-electron chi connectivity index (χ1n) is 15.8. The lowest BCUT2D eigenvalue weighted by atomic mass is 10.0. The Kier molecular flexibility index (Phi) is 17.7. The van der Waals surface area contributed by atoms with Crippen molar-refractivity contribution in [2.45, 2.75) is 134 Å². The maximum absolute atomic E-state index is 12.9. The summed E-state index contributed by atoms with van der Waals surface area (Å²) in [4.78, 5) is 40.7. The molecule has 0 radical (unpaired) electrons. The van der Waals surface area contributed by atoms with Crippen molar-refractivity contribution >= 4 is 28.8 Å². The Hall–Kier alpha value is -2.87. The highest BCUT2D eigenvalue weighted by atomic mass is 16.5. The number of rotatable bonds is 19. The molecule has 0 aromatic carbocycles. The number of anilines is 1. The van der Waals surface area contributed by atoms with E-state index in [2.05, 4.69) is 42.8 Å². The summed E-state index contributed by atoms with van der Waals surface area (Å²) in [6.45, 7) is 3.85. The van der Waals surface area contributed by atoms with E-state index in [0.29, 0.717) is 23.4 Å². The molecule has 244 valence electrons. The third kappa shape index (κ3) is 13.1. The van der Waals surface area contributed by atoms with Crippen LogP contribution in [0, 0.1) is 0 Å². The van der Waals surface area contributed by atoms with E-state index in [9.17, 15) is 19.8 Å². The van der Waals surface area contributed by atoms with Gasteiger partial charge in [0.25, 0.3) is 0 Å². The normalized spacial score (nSPS) is 19.6. The Labute approximate surface area is 255 Å². The lowest BCUT2D eigenvalue weighted by Crippen LogP contribution is -2.58. The molecule has 0 aliphatic carbocycles. The highest BCUT2D eigenvalue weighted by molar-refractivity contribution is 5.88.